The molecule has 0 amide bonds. The fourth-order valence-corrected chi connectivity index (χ4v) is 2.82. The molecule has 1 heterocycles. The van der Waals surface area contributed by atoms with E-state index in [0.717, 1.165) is 28.5 Å². The van der Waals surface area contributed by atoms with Gasteiger partial charge in [-0.3, -0.25) is 4.57 Å². The summed E-state index contributed by atoms with van der Waals surface area (Å²) in [5, 5.41) is 8.92. The zero-order valence-corrected chi connectivity index (χ0v) is 13.2. The molecule has 0 saturated carbocycles. The van der Waals surface area contributed by atoms with Gasteiger partial charge >= 0.3 is 0 Å². The maximum Gasteiger partial charge on any atom is 0.134 e. The van der Waals surface area contributed by atoms with Gasteiger partial charge in [0.25, 0.3) is 0 Å². The average Bonchev–Trinajstić information content (AvgIpc) is 2.86. The van der Waals surface area contributed by atoms with Crippen molar-refractivity contribution in [2.24, 2.45) is 5.73 Å². The third-order valence-electron chi connectivity index (χ3n) is 3.71. The van der Waals surface area contributed by atoms with Crippen LogP contribution in [-0.4, -0.2) is 14.8 Å². The number of hydrogen-bond donors (Lipinski definition) is 1. The molecule has 0 fully saturated rings. The molecule has 0 bridgehead atoms. The minimum absolute atomic E-state index is 0.268. The summed E-state index contributed by atoms with van der Waals surface area (Å²) in [6.07, 6.45) is 0. The highest BCUT2D eigenvalue weighted by molar-refractivity contribution is 6.30. The molecule has 0 radical (unpaired) electrons. The lowest BCUT2D eigenvalue weighted by Crippen LogP contribution is -2.15. The van der Waals surface area contributed by atoms with Crippen molar-refractivity contribution < 1.29 is 0 Å². The molecule has 4 nitrogen and oxygen atoms in total. The highest BCUT2D eigenvalue weighted by Gasteiger charge is 2.17. The van der Waals surface area contributed by atoms with Gasteiger partial charge in [0.05, 0.1) is 11.7 Å². The predicted octanol–water partition coefficient (Wildman–Crippen LogP) is 3.59. The Hall–Kier alpha value is -2.17. The van der Waals surface area contributed by atoms with Gasteiger partial charge in [0, 0.05) is 5.02 Å². The van der Waals surface area contributed by atoms with Crippen molar-refractivity contribution in [3.05, 3.63) is 76.3 Å². The summed E-state index contributed by atoms with van der Waals surface area (Å²) < 4.78 is 1.99. The average molecular weight is 313 g/mol. The van der Waals surface area contributed by atoms with Crippen molar-refractivity contribution in [2.75, 3.05) is 0 Å². The Labute approximate surface area is 134 Å². The fraction of sp³-hybridized carbons (Fsp3) is 0.176. The first-order valence-corrected chi connectivity index (χ1v) is 7.44. The summed E-state index contributed by atoms with van der Waals surface area (Å²) in [6.45, 7) is 3.85. The van der Waals surface area contributed by atoms with Crippen molar-refractivity contribution in [3.63, 3.8) is 0 Å². The maximum atomic E-state index is 6.48. The number of halogens is 1. The topological polar surface area (TPSA) is 56.7 Å². The second-order valence-electron chi connectivity index (χ2n) is 5.22. The fourth-order valence-electron chi connectivity index (χ4n) is 2.64. The summed E-state index contributed by atoms with van der Waals surface area (Å²) in [5.74, 6) is 1.64. The minimum Gasteiger partial charge on any atom is -0.320 e. The van der Waals surface area contributed by atoms with E-state index >= 15 is 0 Å². The van der Waals surface area contributed by atoms with Gasteiger partial charge in [-0.25, -0.2) is 0 Å². The van der Waals surface area contributed by atoms with Gasteiger partial charge in [-0.1, -0.05) is 41.9 Å². The number of nitrogens with zero attached hydrogens (tertiary/aromatic N) is 3. The second-order valence-corrected chi connectivity index (χ2v) is 5.66. The zero-order valence-electron chi connectivity index (χ0n) is 12.5. The highest BCUT2D eigenvalue weighted by atomic mass is 35.5. The molecular weight excluding hydrogens is 296 g/mol. The van der Waals surface area contributed by atoms with Crippen LogP contribution >= 0.6 is 11.6 Å². The normalized spacial score (nSPS) is 12.4. The molecule has 22 heavy (non-hydrogen) atoms. The minimum atomic E-state index is -0.268. The third kappa shape index (κ3) is 2.63. The first-order valence-electron chi connectivity index (χ1n) is 7.07. The summed E-state index contributed by atoms with van der Waals surface area (Å²) in [6, 6.07) is 15.4. The van der Waals surface area contributed by atoms with Gasteiger partial charge in [0.15, 0.2) is 0 Å². The van der Waals surface area contributed by atoms with Crippen LogP contribution in [0.2, 0.25) is 5.02 Å². The monoisotopic (exact) mass is 312 g/mol. The van der Waals surface area contributed by atoms with E-state index in [9.17, 15) is 0 Å². The van der Waals surface area contributed by atoms with Gasteiger partial charge in [-0.15, -0.1) is 10.2 Å². The molecule has 1 atom stereocenters. The molecule has 112 valence electrons. The predicted molar refractivity (Wildman–Crippen MR) is 88.3 cm³/mol. The Kier molecular flexibility index (Phi) is 3.96. The molecule has 3 aromatic rings. The third-order valence-corrected chi connectivity index (χ3v) is 3.95. The zero-order chi connectivity index (χ0) is 15.7. The maximum absolute atomic E-state index is 6.48. The van der Waals surface area contributed by atoms with Crippen molar-refractivity contribution in [1.29, 1.82) is 0 Å². The largest absolute Gasteiger partial charge is 0.320 e. The molecule has 2 aromatic carbocycles. The highest BCUT2D eigenvalue weighted by Crippen LogP contribution is 2.29. The van der Waals surface area contributed by atoms with Gasteiger partial charge in [0.2, 0.25) is 0 Å². The number of nitrogens with two attached hydrogens (primary N) is 1. The number of rotatable bonds is 3. The van der Waals surface area contributed by atoms with Gasteiger partial charge in [0.1, 0.15) is 11.6 Å². The van der Waals surface area contributed by atoms with Crippen LogP contribution in [0, 0.1) is 13.8 Å². The summed E-state index contributed by atoms with van der Waals surface area (Å²) in [7, 11) is 0. The molecule has 0 spiro atoms. The van der Waals surface area contributed by atoms with E-state index in [4.69, 9.17) is 17.3 Å². The molecule has 1 aromatic heterocycles. The quantitative estimate of drug-likeness (QED) is 0.804. The van der Waals surface area contributed by atoms with Crippen LogP contribution in [0.15, 0.2) is 48.5 Å². The molecule has 0 aliphatic carbocycles. The van der Waals surface area contributed by atoms with E-state index in [1.54, 1.807) is 0 Å². The molecule has 3 rings (SSSR count). The van der Waals surface area contributed by atoms with E-state index in [0.29, 0.717) is 5.02 Å². The van der Waals surface area contributed by atoms with Crippen LogP contribution in [0.1, 0.15) is 28.8 Å². The van der Waals surface area contributed by atoms with Crippen molar-refractivity contribution in [3.8, 4) is 5.69 Å². The lowest BCUT2D eigenvalue weighted by molar-refractivity contribution is 0.834. The van der Waals surface area contributed by atoms with Crippen LogP contribution in [0.4, 0.5) is 0 Å². The first-order chi connectivity index (χ1) is 10.6. The SMILES string of the molecule is Cc1nnc(C)n1-c1ccc(Cl)cc1C(N)c1ccccc1. The summed E-state index contributed by atoms with van der Waals surface area (Å²) >= 11 is 6.19. The van der Waals surface area contributed by atoms with Crippen LogP contribution in [0.5, 0.6) is 0 Å². The first kappa shape index (κ1) is 14.8. The van der Waals surface area contributed by atoms with E-state index in [2.05, 4.69) is 10.2 Å². The van der Waals surface area contributed by atoms with E-state index in [-0.39, 0.29) is 6.04 Å². The lowest BCUT2D eigenvalue weighted by Gasteiger charge is -2.19. The summed E-state index contributed by atoms with van der Waals surface area (Å²) in [5.41, 5.74) is 9.42. The molecule has 5 heteroatoms. The Morgan fingerprint density at radius 3 is 2.27 bits per heavy atom. The van der Waals surface area contributed by atoms with Crippen molar-refractivity contribution >= 4 is 11.6 Å². The van der Waals surface area contributed by atoms with Gasteiger partial charge in [-0.2, -0.15) is 0 Å². The van der Waals surface area contributed by atoms with Gasteiger partial charge in [-0.05, 0) is 43.2 Å². The van der Waals surface area contributed by atoms with Crippen molar-refractivity contribution in [1.82, 2.24) is 14.8 Å². The molecule has 0 aliphatic rings. The second kappa shape index (κ2) is 5.91. The Balaban J connectivity index is 2.17. The molecule has 1 unspecified atom stereocenters. The number of aromatic nitrogens is 3. The van der Waals surface area contributed by atoms with E-state index in [1.165, 1.54) is 0 Å². The van der Waals surface area contributed by atoms with Crippen LogP contribution in [0.25, 0.3) is 5.69 Å². The summed E-state index contributed by atoms with van der Waals surface area (Å²) in [4.78, 5) is 0. The number of benzene rings is 2. The van der Waals surface area contributed by atoms with Crippen LogP contribution < -0.4 is 5.73 Å². The standard InChI is InChI=1S/C17H17ClN4/c1-11-20-21-12(2)22(11)16-9-8-14(18)10-15(16)17(19)13-6-4-3-5-7-13/h3-10,17H,19H2,1-2H3. The Morgan fingerprint density at radius 2 is 1.64 bits per heavy atom. The van der Waals surface area contributed by atoms with E-state index in [1.807, 2.05) is 66.9 Å². The van der Waals surface area contributed by atoms with Crippen LogP contribution in [-0.2, 0) is 0 Å². The van der Waals surface area contributed by atoms with E-state index < -0.39 is 0 Å². The molecular formula is C17H17ClN4. The van der Waals surface area contributed by atoms with Crippen LogP contribution in [0.3, 0.4) is 0 Å². The van der Waals surface area contributed by atoms with Crippen molar-refractivity contribution in [2.45, 2.75) is 19.9 Å². The van der Waals surface area contributed by atoms with Gasteiger partial charge < -0.3 is 5.73 Å². The lowest BCUT2D eigenvalue weighted by atomic mass is 9.98. The number of hydrogen-bond acceptors (Lipinski definition) is 3. The molecule has 2 N–H and O–H groups in total. The molecule has 0 saturated heterocycles. The number of aryl methyl sites for hydroxylation is 2. The Morgan fingerprint density at radius 1 is 1.00 bits per heavy atom. The smallest absolute Gasteiger partial charge is 0.134 e. The Bertz CT molecular complexity index is 776. The molecule has 0 aliphatic heterocycles.